The van der Waals surface area contributed by atoms with Crippen LogP contribution in [0.25, 0.3) is 0 Å². The number of anilines is 1. The first-order valence-corrected chi connectivity index (χ1v) is 10.3. The number of nitro groups is 1. The molecular formula is C23H25N5O3. The van der Waals surface area contributed by atoms with Gasteiger partial charge in [-0.25, -0.2) is 0 Å². The molecule has 1 aromatic heterocycles. The number of benzene rings is 2. The third kappa shape index (κ3) is 4.28. The van der Waals surface area contributed by atoms with Gasteiger partial charge in [0.25, 0.3) is 11.6 Å². The molecule has 0 bridgehead atoms. The zero-order chi connectivity index (χ0) is 22.0. The molecule has 160 valence electrons. The van der Waals surface area contributed by atoms with E-state index >= 15 is 0 Å². The molecule has 1 N–H and O–H groups in total. The molecule has 1 amide bonds. The molecule has 2 aromatic carbocycles. The van der Waals surface area contributed by atoms with Gasteiger partial charge in [-0.3, -0.25) is 19.6 Å². The number of nitrogens with zero attached hydrogens (tertiary/aromatic N) is 4. The van der Waals surface area contributed by atoms with Crippen LogP contribution in [0.5, 0.6) is 0 Å². The SMILES string of the molecule is CN(C)c1ccc(C(=O)N[C@H]2CCCc3c2cnn3Cc2ccccc2)cc1[N+](=O)[O-]. The van der Waals surface area contributed by atoms with Gasteiger partial charge in [-0.05, 0) is 37.0 Å². The smallest absolute Gasteiger partial charge is 0.293 e. The zero-order valence-electron chi connectivity index (χ0n) is 17.6. The van der Waals surface area contributed by atoms with Crippen LogP contribution < -0.4 is 10.2 Å². The van der Waals surface area contributed by atoms with E-state index in [0.717, 1.165) is 30.5 Å². The predicted octanol–water partition coefficient (Wildman–Crippen LogP) is 3.71. The molecule has 0 saturated heterocycles. The van der Waals surface area contributed by atoms with Crippen LogP contribution in [-0.2, 0) is 13.0 Å². The second-order valence-corrected chi connectivity index (χ2v) is 7.96. The zero-order valence-corrected chi connectivity index (χ0v) is 17.6. The Balaban J connectivity index is 1.54. The minimum atomic E-state index is -0.460. The fraction of sp³-hybridized carbons (Fsp3) is 0.304. The maximum Gasteiger partial charge on any atom is 0.293 e. The lowest BCUT2D eigenvalue weighted by Gasteiger charge is -2.24. The van der Waals surface area contributed by atoms with Gasteiger partial charge in [0, 0.05) is 37.0 Å². The lowest BCUT2D eigenvalue weighted by Crippen LogP contribution is -2.31. The number of nitrogens with one attached hydrogen (secondary N) is 1. The van der Waals surface area contributed by atoms with E-state index in [1.165, 1.54) is 11.6 Å². The van der Waals surface area contributed by atoms with E-state index in [4.69, 9.17) is 0 Å². The summed E-state index contributed by atoms with van der Waals surface area (Å²) in [5.74, 6) is -0.318. The molecule has 0 fully saturated rings. The van der Waals surface area contributed by atoms with Crippen molar-refractivity contribution in [1.29, 1.82) is 0 Å². The van der Waals surface area contributed by atoms with Crippen LogP contribution in [0.2, 0.25) is 0 Å². The maximum atomic E-state index is 12.9. The molecule has 1 atom stereocenters. The van der Waals surface area contributed by atoms with Crippen LogP contribution in [0.15, 0.2) is 54.7 Å². The Bertz CT molecular complexity index is 1110. The van der Waals surface area contributed by atoms with Gasteiger partial charge in [0.1, 0.15) is 5.69 Å². The van der Waals surface area contributed by atoms with E-state index in [1.807, 2.05) is 29.1 Å². The van der Waals surface area contributed by atoms with Crippen molar-refractivity contribution >= 4 is 17.3 Å². The van der Waals surface area contributed by atoms with Crippen molar-refractivity contribution in [2.24, 2.45) is 0 Å². The van der Waals surface area contributed by atoms with Gasteiger partial charge in [-0.1, -0.05) is 30.3 Å². The fourth-order valence-electron chi connectivity index (χ4n) is 4.09. The molecule has 3 aromatic rings. The summed E-state index contributed by atoms with van der Waals surface area (Å²) in [6.45, 7) is 0.690. The van der Waals surface area contributed by atoms with Gasteiger partial charge in [0.15, 0.2) is 0 Å². The first kappa shape index (κ1) is 20.6. The van der Waals surface area contributed by atoms with Crippen molar-refractivity contribution in [1.82, 2.24) is 15.1 Å². The van der Waals surface area contributed by atoms with E-state index in [0.29, 0.717) is 12.2 Å². The average molecular weight is 419 g/mol. The number of carbonyl (C=O) groups excluding carboxylic acids is 1. The predicted molar refractivity (Wildman–Crippen MR) is 118 cm³/mol. The Morgan fingerprint density at radius 2 is 2.03 bits per heavy atom. The number of hydrogen-bond acceptors (Lipinski definition) is 5. The number of amides is 1. The molecule has 1 aliphatic carbocycles. The van der Waals surface area contributed by atoms with Crippen molar-refractivity contribution in [3.8, 4) is 0 Å². The van der Waals surface area contributed by atoms with Crippen LogP contribution in [0, 0.1) is 10.1 Å². The minimum Gasteiger partial charge on any atom is -0.372 e. The van der Waals surface area contributed by atoms with Gasteiger partial charge in [0.2, 0.25) is 0 Å². The first-order chi connectivity index (χ1) is 14.9. The Morgan fingerprint density at radius 1 is 1.26 bits per heavy atom. The van der Waals surface area contributed by atoms with Crippen molar-refractivity contribution in [2.45, 2.75) is 31.8 Å². The summed E-state index contributed by atoms with van der Waals surface area (Å²) in [6.07, 6.45) is 4.50. The highest BCUT2D eigenvalue weighted by molar-refractivity contribution is 5.96. The number of rotatable bonds is 6. The highest BCUT2D eigenvalue weighted by Gasteiger charge is 2.27. The van der Waals surface area contributed by atoms with Crippen molar-refractivity contribution < 1.29 is 9.72 Å². The summed E-state index contributed by atoms with van der Waals surface area (Å²) in [4.78, 5) is 25.5. The molecule has 8 heteroatoms. The summed E-state index contributed by atoms with van der Waals surface area (Å²) >= 11 is 0. The molecular weight excluding hydrogens is 394 g/mol. The van der Waals surface area contributed by atoms with E-state index in [9.17, 15) is 14.9 Å². The fourth-order valence-corrected chi connectivity index (χ4v) is 4.09. The van der Waals surface area contributed by atoms with Crippen molar-refractivity contribution in [3.05, 3.63) is 87.2 Å². The molecule has 0 saturated carbocycles. The summed E-state index contributed by atoms with van der Waals surface area (Å²) in [6, 6.07) is 14.6. The molecule has 4 rings (SSSR count). The van der Waals surface area contributed by atoms with E-state index in [-0.39, 0.29) is 23.2 Å². The van der Waals surface area contributed by atoms with Gasteiger partial charge in [-0.15, -0.1) is 0 Å². The standard InChI is InChI=1S/C23H25N5O3/c1-26(2)21-12-11-17(13-22(21)28(30)31)23(29)25-19-9-6-10-20-18(19)14-24-27(20)15-16-7-4-3-5-8-16/h3-5,7-8,11-14,19H,6,9-10,15H2,1-2H3,(H,25,29)/t19-/m0/s1. The number of hydrogen-bond donors (Lipinski definition) is 1. The van der Waals surface area contributed by atoms with E-state index < -0.39 is 4.92 Å². The van der Waals surface area contributed by atoms with Crippen molar-refractivity contribution in [3.63, 3.8) is 0 Å². The topological polar surface area (TPSA) is 93.3 Å². The maximum absolute atomic E-state index is 12.9. The van der Waals surface area contributed by atoms with Crippen LogP contribution in [0.1, 0.15) is 46.1 Å². The summed E-state index contributed by atoms with van der Waals surface area (Å²) < 4.78 is 2.00. The lowest BCUT2D eigenvalue weighted by molar-refractivity contribution is -0.384. The summed E-state index contributed by atoms with van der Waals surface area (Å²) in [5.41, 5.74) is 3.99. The average Bonchev–Trinajstić information content (AvgIpc) is 3.17. The molecule has 8 nitrogen and oxygen atoms in total. The quantitative estimate of drug-likeness (QED) is 0.486. The second kappa shape index (κ2) is 8.59. The molecule has 31 heavy (non-hydrogen) atoms. The summed E-state index contributed by atoms with van der Waals surface area (Å²) in [7, 11) is 3.47. The number of fused-ring (bicyclic) bond motifs is 1. The van der Waals surface area contributed by atoms with Gasteiger partial charge >= 0.3 is 0 Å². The number of aromatic nitrogens is 2. The van der Waals surface area contributed by atoms with Crippen LogP contribution >= 0.6 is 0 Å². The molecule has 0 radical (unpaired) electrons. The monoisotopic (exact) mass is 419 g/mol. The highest BCUT2D eigenvalue weighted by atomic mass is 16.6. The van der Waals surface area contributed by atoms with Gasteiger partial charge in [-0.2, -0.15) is 5.10 Å². The molecule has 0 unspecified atom stereocenters. The Morgan fingerprint density at radius 3 is 2.74 bits per heavy atom. The Hall–Kier alpha value is -3.68. The largest absolute Gasteiger partial charge is 0.372 e. The molecule has 0 aliphatic heterocycles. The van der Waals surface area contributed by atoms with Crippen LogP contribution in [0.3, 0.4) is 0 Å². The Kier molecular flexibility index (Phi) is 5.70. The van der Waals surface area contributed by atoms with E-state index in [1.54, 1.807) is 31.1 Å². The Labute approximate surface area is 180 Å². The molecule has 1 aliphatic rings. The van der Waals surface area contributed by atoms with Gasteiger partial charge in [0.05, 0.1) is 23.7 Å². The van der Waals surface area contributed by atoms with E-state index in [2.05, 4.69) is 22.5 Å². The minimum absolute atomic E-state index is 0.0855. The number of carbonyl (C=O) groups is 1. The molecule has 1 heterocycles. The third-order valence-electron chi connectivity index (χ3n) is 5.66. The van der Waals surface area contributed by atoms with Crippen LogP contribution in [-0.4, -0.2) is 34.7 Å². The lowest BCUT2D eigenvalue weighted by atomic mass is 9.92. The van der Waals surface area contributed by atoms with Crippen molar-refractivity contribution in [2.75, 3.05) is 19.0 Å². The second-order valence-electron chi connectivity index (χ2n) is 7.96. The number of nitro benzene ring substituents is 1. The molecule has 0 spiro atoms. The van der Waals surface area contributed by atoms with Crippen LogP contribution in [0.4, 0.5) is 11.4 Å². The van der Waals surface area contributed by atoms with Gasteiger partial charge < -0.3 is 10.2 Å². The first-order valence-electron chi connectivity index (χ1n) is 10.3. The highest BCUT2D eigenvalue weighted by Crippen LogP contribution is 2.31. The third-order valence-corrected chi connectivity index (χ3v) is 5.66. The summed E-state index contributed by atoms with van der Waals surface area (Å²) in [5, 5.41) is 19.1. The normalized spacial score (nSPS) is 15.2.